The first kappa shape index (κ1) is 40.0. The van der Waals surface area contributed by atoms with Crippen molar-refractivity contribution >= 4 is 33.4 Å². The number of piperazine rings is 1. The molecule has 5 atom stereocenters. The van der Waals surface area contributed by atoms with E-state index in [0.29, 0.717) is 23.7 Å². The second-order valence-corrected chi connectivity index (χ2v) is 17.1. The summed E-state index contributed by atoms with van der Waals surface area (Å²) in [7, 11) is 0. The van der Waals surface area contributed by atoms with Gasteiger partial charge in [0.1, 0.15) is 41.4 Å². The van der Waals surface area contributed by atoms with Gasteiger partial charge in [0, 0.05) is 68.5 Å². The number of fused-ring (bicyclic) bond motifs is 4. The van der Waals surface area contributed by atoms with Gasteiger partial charge in [-0.05, 0) is 81.8 Å². The molecule has 0 spiro atoms. The third-order valence-corrected chi connectivity index (χ3v) is 13.5. The fourth-order valence-corrected chi connectivity index (χ4v) is 10.6. The summed E-state index contributed by atoms with van der Waals surface area (Å²) in [6, 6.07) is 7.39. The minimum Gasteiger partial charge on any atom is -0.508 e. The van der Waals surface area contributed by atoms with E-state index in [-0.39, 0.29) is 95.5 Å². The molecule has 2 aromatic carbocycles. The number of alkyl halides is 1. The van der Waals surface area contributed by atoms with E-state index in [1.807, 2.05) is 11.8 Å². The predicted molar refractivity (Wildman–Crippen MR) is 219 cm³/mol. The van der Waals surface area contributed by atoms with Crippen molar-refractivity contribution in [3.05, 3.63) is 60.3 Å². The number of nitrogens with zero attached hydrogens (tertiary/aromatic N) is 8. The largest absolute Gasteiger partial charge is 0.508 e. The van der Waals surface area contributed by atoms with Gasteiger partial charge in [0.25, 0.3) is 0 Å². The zero-order chi connectivity index (χ0) is 41.9. The smallest absolute Gasteiger partial charge is 0.319 e. The molecule has 5 saturated heterocycles. The van der Waals surface area contributed by atoms with Crippen LogP contribution in [0.25, 0.3) is 32.9 Å². The Kier molecular flexibility index (Phi) is 10.6. The van der Waals surface area contributed by atoms with E-state index in [0.717, 1.165) is 52.0 Å². The second kappa shape index (κ2) is 15.8. The number of hydrogen-bond donors (Lipinski definition) is 1. The molecule has 2 aromatic heterocycles. The van der Waals surface area contributed by atoms with Gasteiger partial charge < -0.3 is 29.3 Å². The van der Waals surface area contributed by atoms with Gasteiger partial charge in [0.05, 0.1) is 40.6 Å². The summed E-state index contributed by atoms with van der Waals surface area (Å²) in [5, 5.41) is 21.6. The molecule has 5 aliphatic rings. The number of benzene rings is 2. The van der Waals surface area contributed by atoms with Crippen LogP contribution in [0.3, 0.4) is 0 Å². The lowest BCUT2D eigenvalue weighted by atomic mass is 9.93. The predicted octanol–water partition coefficient (Wildman–Crippen LogP) is 5.75. The lowest BCUT2D eigenvalue weighted by molar-refractivity contribution is -0.129. The molecule has 2 bridgehead atoms. The number of ether oxygens (including phenoxy) is 2. The van der Waals surface area contributed by atoms with Crippen molar-refractivity contribution in [3.8, 4) is 41.4 Å². The number of pyridine rings is 1. The van der Waals surface area contributed by atoms with Crippen molar-refractivity contribution in [3.63, 3.8) is 0 Å². The number of rotatable bonds is 8. The number of carbonyl (C=O) groups excluding carboxylic acids is 1. The number of carbonyl (C=O) groups is 1. The Labute approximate surface area is 346 Å². The van der Waals surface area contributed by atoms with Crippen LogP contribution in [0.4, 0.5) is 19.0 Å². The van der Waals surface area contributed by atoms with Crippen LogP contribution in [-0.4, -0.2) is 129 Å². The summed E-state index contributed by atoms with van der Waals surface area (Å²) in [6.45, 7) is 9.88. The van der Waals surface area contributed by atoms with Gasteiger partial charge in [-0.15, -0.1) is 6.42 Å². The highest BCUT2D eigenvalue weighted by atomic mass is 19.1. The Balaban J connectivity index is 1.09. The number of terminal acetylenes is 1. The third kappa shape index (κ3) is 6.96. The highest BCUT2D eigenvalue weighted by molar-refractivity contribution is 6.03. The number of halogens is 3. The summed E-state index contributed by atoms with van der Waals surface area (Å²) < 4.78 is 59.8. The molecular weight excluding hydrogens is 774 g/mol. The Bertz CT molecular complexity index is 2440. The van der Waals surface area contributed by atoms with Crippen molar-refractivity contribution in [2.75, 3.05) is 57.4 Å². The van der Waals surface area contributed by atoms with E-state index in [2.05, 4.69) is 38.3 Å². The second-order valence-electron chi connectivity index (χ2n) is 17.1. The fourth-order valence-electron chi connectivity index (χ4n) is 10.6. The molecule has 1 unspecified atom stereocenters. The van der Waals surface area contributed by atoms with E-state index >= 15 is 13.2 Å². The van der Waals surface area contributed by atoms with Crippen molar-refractivity contribution in [2.24, 2.45) is 5.92 Å². The Morgan fingerprint density at radius 1 is 1.12 bits per heavy atom. The molecule has 60 heavy (non-hydrogen) atoms. The number of aromatic hydroxyl groups is 1. The average Bonchev–Trinajstić information content (AvgIpc) is 3.69. The van der Waals surface area contributed by atoms with Crippen LogP contribution < -0.4 is 9.64 Å². The molecular formula is C45H47F3N8O4. The minimum atomic E-state index is -1.06. The molecule has 12 nitrogen and oxygen atoms in total. The molecule has 9 rings (SSSR count). The van der Waals surface area contributed by atoms with Crippen LogP contribution in [0.2, 0.25) is 0 Å². The summed E-state index contributed by atoms with van der Waals surface area (Å²) in [4.78, 5) is 35.3. The molecule has 4 aromatic rings. The highest BCUT2D eigenvalue weighted by Gasteiger charge is 2.50. The number of hydrogen-bond acceptors (Lipinski definition) is 11. The van der Waals surface area contributed by atoms with Crippen molar-refractivity contribution < 1.29 is 32.5 Å². The van der Waals surface area contributed by atoms with Crippen LogP contribution in [0.1, 0.15) is 51.0 Å². The van der Waals surface area contributed by atoms with E-state index in [9.17, 15) is 15.2 Å². The van der Waals surface area contributed by atoms with Crippen LogP contribution in [0, 0.1) is 41.2 Å². The molecule has 7 heterocycles. The Morgan fingerprint density at radius 2 is 1.90 bits per heavy atom. The van der Waals surface area contributed by atoms with Gasteiger partial charge in [0.2, 0.25) is 5.91 Å². The lowest BCUT2D eigenvalue weighted by Crippen LogP contribution is -2.56. The zero-order valence-corrected chi connectivity index (χ0v) is 33.5. The monoisotopic (exact) mass is 820 g/mol. The number of phenolic OH excluding ortho intramolecular Hbond substituents is 1. The molecule has 1 amide bonds. The first-order chi connectivity index (χ1) is 29.0. The number of nitriles is 1. The van der Waals surface area contributed by atoms with Crippen LogP contribution in [0.5, 0.6) is 11.8 Å². The molecule has 312 valence electrons. The number of likely N-dealkylation sites (tertiary alicyclic amines) is 2. The summed E-state index contributed by atoms with van der Waals surface area (Å²) >= 11 is 0. The van der Waals surface area contributed by atoms with Gasteiger partial charge in [-0.3, -0.25) is 14.7 Å². The van der Waals surface area contributed by atoms with Crippen molar-refractivity contribution in [1.82, 2.24) is 29.7 Å². The van der Waals surface area contributed by atoms with E-state index in [4.69, 9.17) is 20.9 Å². The average molecular weight is 821 g/mol. The van der Waals surface area contributed by atoms with Gasteiger partial charge in [-0.2, -0.15) is 15.2 Å². The minimum absolute atomic E-state index is 0.0312. The molecule has 5 aliphatic heterocycles. The first-order valence-corrected chi connectivity index (χ1v) is 20.7. The van der Waals surface area contributed by atoms with Gasteiger partial charge in [-0.1, -0.05) is 18.6 Å². The van der Waals surface area contributed by atoms with Gasteiger partial charge in [-0.25, -0.2) is 13.2 Å². The fraction of sp³-hybridized carbons (Fsp3) is 0.489. The molecule has 1 N–H and O–H groups in total. The summed E-state index contributed by atoms with van der Waals surface area (Å²) in [5.41, 5.74) is -1.14. The molecule has 5 fully saturated rings. The van der Waals surface area contributed by atoms with E-state index < -0.39 is 35.3 Å². The Hall–Kier alpha value is -5.48. The maximum absolute atomic E-state index is 17.3. The molecule has 0 radical (unpaired) electrons. The number of amides is 1. The number of phenols is 1. The number of aromatic nitrogens is 3. The van der Waals surface area contributed by atoms with Crippen LogP contribution in [-0.2, 0) is 9.53 Å². The topological polar surface area (TPSA) is 131 Å². The van der Waals surface area contributed by atoms with Gasteiger partial charge >= 0.3 is 6.01 Å². The quantitative estimate of drug-likeness (QED) is 0.172. The Morgan fingerprint density at radius 3 is 2.63 bits per heavy atom. The lowest BCUT2D eigenvalue weighted by Gasteiger charge is -2.45. The molecule has 0 saturated carbocycles. The zero-order valence-electron chi connectivity index (χ0n) is 33.5. The molecule has 15 heteroatoms. The highest BCUT2D eigenvalue weighted by Crippen LogP contribution is 2.42. The standard InChI is InChI=1S/C45H47F3N8O4/c1-4-33-36(47)7-6-26-17-32(57)18-34(39(26)33)41-40(48)42-35(21-50-41)43(54-23-31-16-27(20-49)37(24-54)56(31)38(58)5-2)52-44(51-42)60-25-45(3)19-28(46)22-55(45)30-8-12-53(13-9-30)29-10-14-59-15-11-29/h1,5-7,17-18,21,27-31,37,57H,2,8-16,19,22-25H2,3H3/t27?,28-,31-,37-,45+/m1/s1. The van der Waals surface area contributed by atoms with Crippen LogP contribution >= 0.6 is 0 Å². The SMILES string of the molecule is C#Cc1c(F)ccc2cc(O)cc(-c3ncc4c(N5C[C@H]6CC(C#N)[C@@H](C5)N6C(=O)C=C)nc(OC[C@]5(C)C[C@@H](F)CN5C5CCN(C6CCOCC6)CC5)nc4c3F)c12. The van der Waals surface area contributed by atoms with E-state index in [1.54, 1.807) is 4.90 Å². The van der Waals surface area contributed by atoms with Crippen LogP contribution in [0.15, 0.2) is 43.1 Å². The van der Waals surface area contributed by atoms with E-state index in [1.165, 1.54) is 36.5 Å². The summed E-state index contributed by atoms with van der Waals surface area (Å²) in [5.74, 6) is 0.172. The van der Waals surface area contributed by atoms with Crippen molar-refractivity contribution in [2.45, 2.75) is 81.3 Å². The number of anilines is 1. The van der Waals surface area contributed by atoms with Crippen molar-refractivity contribution in [1.29, 1.82) is 5.26 Å². The number of piperidine rings is 1. The maximum Gasteiger partial charge on any atom is 0.319 e. The first-order valence-electron chi connectivity index (χ1n) is 20.7. The normalized spacial score (nSPS) is 26.7. The maximum atomic E-state index is 17.3. The molecule has 0 aliphatic carbocycles. The summed E-state index contributed by atoms with van der Waals surface area (Å²) in [6.07, 6.45) is 11.9. The third-order valence-electron chi connectivity index (χ3n) is 13.5. The van der Waals surface area contributed by atoms with Gasteiger partial charge in [0.15, 0.2) is 5.82 Å².